The number of carbonyl (C=O) groups is 2. The van der Waals surface area contributed by atoms with E-state index in [-0.39, 0.29) is 30.4 Å². The maximum absolute atomic E-state index is 13.0. The molecule has 1 aromatic heterocycles. The van der Waals surface area contributed by atoms with Crippen LogP contribution in [0.2, 0.25) is 0 Å². The van der Waals surface area contributed by atoms with E-state index in [1.54, 1.807) is 22.2 Å². The lowest BCUT2D eigenvalue weighted by atomic mass is 10.1. The largest absolute Gasteiger partial charge is 0.381 e. The van der Waals surface area contributed by atoms with Crippen molar-refractivity contribution < 1.29 is 19.1 Å². The third kappa shape index (κ3) is 5.23. The highest BCUT2D eigenvalue weighted by molar-refractivity contribution is 5.86. The smallest absolute Gasteiger partial charge is 0.242 e. The van der Waals surface area contributed by atoms with E-state index in [1.807, 2.05) is 42.5 Å². The van der Waals surface area contributed by atoms with Crippen molar-refractivity contribution in [2.75, 3.05) is 32.8 Å². The van der Waals surface area contributed by atoms with Crippen LogP contribution in [0.25, 0.3) is 0 Å². The predicted octanol–water partition coefficient (Wildman–Crippen LogP) is 1.87. The molecule has 0 bridgehead atoms. The van der Waals surface area contributed by atoms with Crippen molar-refractivity contribution in [2.45, 2.75) is 25.7 Å². The molecule has 30 heavy (non-hydrogen) atoms. The molecule has 0 aliphatic carbocycles. The number of rotatable bonds is 6. The Morgan fingerprint density at radius 1 is 1.13 bits per heavy atom. The maximum Gasteiger partial charge on any atom is 0.242 e. The summed E-state index contributed by atoms with van der Waals surface area (Å²) in [7, 11) is 0. The Kier molecular flexibility index (Phi) is 6.71. The molecule has 158 valence electrons. The molecule has 7 heteroatoms. The van der Waals surface area contributed by atoms with Crippen molar-refractivity contribution in [3.05, 3.63) is 66.0 Å². The first kappa shape index (κ1) is 20.5. The summed E-state index contributed by atoms with van der Waals surface area (Å²) in [5.74, 6) is -0.258. The average Bonchev–Trinajstić information content (AvgIpc) is 3.27. The highest BCUT2D eigenvalue weighted by Gasteiger charge is 2.35. The first-order chi connectivity index (χ1) is 14.7. The molecule has 2 aliphatic heterocycles. The van der Waals surface area contributed by atoms with Crippen LogP contribution in [0.1, 0.15) is 17.5 Å². The minimum Gasteiger partial charge on any atom is -0.381 e. The van der Waals surface area contributed by atoms with Crippen LogP contribution in [0.5, 0.6) is 0 Å². The molecule has 0 saturated carbocycles. The second-order valence-corrected chi connectivity index (χ2v) is 7.83. The van der Waals surface area contributed by atoms with E-state index >= 15 is 0 Å². The molecule has 2 aliphatic rings. The summed E-state index contributed by atoms with van der Waals surface area (Å²) >= 11 is 0. The third-order valence-electron chi connectivity index (χ3n) is 5.54. The summed E-state index contributed by atoms with van der Waals surface area (Å²) in [6.45, 7) is 2.82. The van der Waals surface area contributed by atoms with Crippen molar-refractivity contribution >= 4 is 11.8 Å². The molecule has 2 atom stereocenters. The molecule has 7 nitrogen and oxygen atoms in total. The molecule has 3 heterocycles. The van der Waals surface area contributed by atoms with E-state index in [9.17, 15) is 9.59 Å². The Hall–Kier alpha value is -2.77. The lowest BCUT2D eigenvalue weighted by Gasteiger charge is -2.26. The number of hydrogen-bond donors (Lipinski definition) is 0. The first-order valence-corrected chi connectivity index (χ1v) is 10.4. The maximum atomic E-state index is 13.0. The second kappa shape index (κ2) is 9.82. The van der Waals surface area contributed by atoms with E-state index in [0.29, 0.717) is 45.9 Å². The number of nitrogens with zero attached hydrogens (tertiary/aromatic N) is 3. The average molecular weight is 409 g/mol. The zero-order valence-corrected chi connectivity index (χ0v) is 17.0. The highest BCUT2D eigenvalue weighted by atomic mass is 16.5. The first-order valence-electron chi connectivity index (χ1n) is 10.4. The molecular formula is C23H27N3O4. The third-order valence-corrected chi connectivity index (χ3v) is 5.54. The van der Waals surface area contributed by atoms with E-state index in [0.717, 1.165) is 11.1 Å². The van der Waals surface area contributed by atoms with Gasteiger partial charge in [0.25, 0.3) is 0 Å². The summed E-state index contributed by atoms with van der Waals surface area (Å²) in [6, 6.07) is 13.7. The van der Waals surface area contributed by atoms with Gasteiger partial charge < -0.3 is 19.3 Å². The van der Waals surface area contributed by atoms with Gasteiger partial charge in [-0.3, -0.25) is 14.6 Å². The molecule has 2 amide bonds. The van der Waals surface area contributed by atoms with Gasteiger partial charge in [-0.05, 0) is 23.6 Å². The van der Waals surface area contributed by atoms with Gasteiger partial charge >= 0.3 is 0 Å². The SMILES string of the molecule is O=C1CN(C(=O)C2CCOC2)CC(OCc2ccccc2)CN1Cc1cccnc1. The Morgan fingerprint density at radius 2 is 1.97 bits per heavy atom. The number of ether oxygens (including phenoxy) is 2. The van der Waals surface area contributed by atoms with Crippen LogP contribution in [0.15, 0.2) is 54.9 Å². The van der Waals surface area contributed by atoms with E-state index in [2.05, 4.69) is 4.98 Å². The lowest BCUT2D eigenvalue weighted by Crippen LogP contribution is -2.43. The van der Waals surface area contributed by atoms with Crippen LogP contribution >= 0.6 is 0 Å². The predicted molar refractivity (Wildman–Crippen MR) is 110 cm³/mol. The Bertz CT molecular complexity index is 840. The van der Waals surface area contributed by atoms with Crippen molar-refractivity contribution in [1.29, 1.82) is 0 Å². The fourth-order valence-corrected chi connectivity index (χ4v) is 3.89. The molecule has 2 unspecified atom stereocenters. The Labute approximate surface area is 176 Å². The van der Waals surface area contributed by atoms with Crippen molar-refractivity contribution in [2.24, 2.45) is 5.92 Å². The molecule has 0 spiro atoms. The van der Waals surface area contributed by atoms with E-state index < -0.39 is 0 Å². The standard InChI is InChI=1S/C23H27N3O4/c27-22-15-26(23(28)20-8-10-29-17-20)14-21(30-16-18-5-2-1-3-6-18)13-25(22)12-19-7-4-9-24-11-19/h1-7,9,11,20-21H,8,10,12-17H2. The second-order valence-electron chi connectivity index (χ2n) is 7.83. The topological polar surface area (TPSA) is 72.0 Å². The highest BCUT2D eigenvalue weighted by Crippen LogP contribution is 2.19. The zero-order valence-electron chi connectivity index (χ0n) is 17.0. The minimum atomic E-state index is -0.264. The fraction of sp³-hybridized carbons (Fsp3) is 0.435. The summed E-state index contributed by atoms with van der Waals surface area (Å²) in [4.78, 5) is 33.5. The van der Waals surface area contributed by atoms with Crippen LogP contribution in [0.4, 0.5) is 0 Å². The van der Waals surface area contributed by atoms with Crippen molar-refractivity contribution in [3.63, 3.8) is 0 Å². The summed E-state index contributed by atoms with van der Waals surface area (Å²) in [6.07, 6.45) is 3.92. The van der Waals surface area contributed by atoms with E-state index in [4.69, 9.17) is 9.47 Å². The van der Waals surface area contributed by atoms with Gasteiger partial charge in [-0.2, -0.15) is 0 Å². The Morgan fingerprint density at radius 3 is 2.70 bits per heavy atom. The summed E-state index contributed by atoms with van der Waals surface area (Å²) in [5, 5.41) is 0. The van der Waals surface area contributed by atoms with Crippen LogP contribution in [0, 0.1) is 5.92 Å². The molecule has 4 rings (SSSR count). The summed E-state index contributed by atoms with van der Waals surface area (Å²) < 4.78 is 11.6. The fourth-order valence-electron chi connectivity index (χ4n) is 3.89. The van der Waals surface area contributed by atoms with Crippen LogP contribution in [-0.4, -0.2) is 65.6 Å². The molecule has 2 fully saturated rings. The lowest BCUT2D eigenvalue weighted by molar-refractivity contribution is -0.141. The molecule has 0 radical (unpaired) electrons. The number of benzene rings is 1. The van der Waals surface area contributed by atoms with Gasteiger partial charge in [0.1, 0.15) is 0 Å². The quantitative estimate of drug-likeness (QED) is 0.729. The molecule has 0 N–H and O–H groups in total. The van der Waals surface area contributed by atoms with E-state index in [1.165, 1.54) is 0 Å². The molecule has 2 aromatic rings. The van der Waals surface area contributed by atoms with Crippen LogP contribution in [-0.2, 0) is 32.2 Å². The molecule has 1 aromatic carbocycles. The van der Waals surface area contributed by atoms with Gasteiger partial charge in [-0.25, -0.2) is 0 Å². The van der Waals surface area contributed by atoms with Crippen molar-refractivity contribution in [1.82, 2.24) is 14.8 Å². The number of amides is 2. The van der Waals surface area contributed by atoms with Gasteiger partial charge in [0, 0.05) is 38.6 Å². The number of pyridine rings is 1. The normalized spacial score (nSPS) is 22.2. The zero-order chi connectivity index (χ0) is 20.8. The van der Waals surface area contributed by atoms with Gasteiger partial charge in [0.2, 0.25) is 11.8 Å². The van der Waals surface area contributed by atoms with Crippen LogP contribution in [0.3, 0.4) is 0 Å². The Balaban J connectivity index is 1.49. The van der Waals surface area contributed by atoms with Crippen LogP contribution < -0.4 is 0 Å². The molecule has 2 saturated heterocycles. The number of aromatic nitrogens is 1. The summed E-state index contributed by atoms with van der Waals surface area (Å²) in [5.41, 5.74) is 2.02. The van der Waals surface area contributed by atoms with Crippen molar-refractivity contribution in [3.8, 4) is 0 Å². The van der Waals surface area contributed by atoms with Gasteiger partial charge in [0.05, 0.1) is 31.8 Å². The minimum absolute atomic E-state index is 0.0163. The van der Waals surface area contributed by atoms with Gasteiger partial charge in [-0.1, -0.05) is 36.4 Å². The number of carbonyl (C=O) groups excluding carboxylic acids is 2. The monoisotopic (exact) mass is 409 g/mol. The van der Waals surface area contributed by atoms with Gasteiger partial charge in [-0.15, -0.1) is 0 Å². The van der Waals surface area contributed by atoms with Gasteiger partial charge in [0.15, 0.2) is 0 Å². The number of hydrogen-bond acceptors (Lipinski definition) is 5. The molecular weight excluding hydrogens is 382 g/mol.